The molecule has 0 atom stereocenters. The fourth-order valence-corrected chi connectivity index (χ4v) is 3.17. The van der Waals surface area contributed by atoms with Crippen molar-refractivity contribution < 1.29 is 4.79 Å². The van der Waals surface area contributed by atoms with E-state index in [9.17, 15) is 4.79 Å². The van der Waals surface area contributed by atoms with Crippen molar-refractivity contribution in [3.05, 3.63) is 34.7 Å². The largest absolute Gasteiger partial charge is 0.326 e. The van der Waals surface area contributed by atoms with E-state index in [0.29, 0.717) is 6.42 Å². The average molecular weight is 301 g/mol. The molecule has 110 valence electrons. The molecular formula is C16H19N3OS. The molecule has 1 amide bonds. The van der Waals surface area contributed by atoms with Crippen LogP contribution in [0.1, 0.15) is 30.7 Å². The minimum absolute atomic E-state index is 0.00514. The molecule has 1 aliphatic rings. The summed E-state index contributed by atoms with van der Waals surface area (Å²) in [6.45, 7) is 1.99. The summed E-state index contributed by atoms with van der Waals surface area (Å²) in [6, 6.07) is 7.77. The van der Waals surface area contributed by atoms with Crippen LogP contribution in [0.15, 0.2) is 29.6 Å². The molecule has 21 heavy (non-hydrogen) atoms. The molecule has 1 aromatic heterocycles. The molecule has 1 aliphatic carbocycles. The number of thiazole rings is 1. The lowest BCUT2D eigenvalue weighted by molar-refractivity contribution is -0.118. The van der Waals surface area contributed by atoms with Gasteiger partial charge < -0.3 is 11.1 Å². The number of amides is 1. The maximum Gasteiger partial charge on any atom is 0.226 e. The number of rotatable bonds is 4. The summed E-state index contributed by atoms with van der Waals surface area (Å²) in [5.41, 5.74) is 8.66. The fourth-order valence-electron chi connectivity index (χ4n) is 2.55. The summed E-state index contributed by atoms with van der Waals surface area (Å²) in [4.78, 5) is 16.4. The van der Waals surface area contributed by atoms with Crippen LogP contribution in [0.25, 0.3) is 11.3 Å². The molecule has 0 bridgehead atoms. The molecule has 0 spiro atoms. The second-order valence-electron chi connectivity index (χ2n) is 5.77. The molecule has 4 nitrogen and oxygen atoms in total. The van der Waals surface area contributed by atoms with Crippen LogP contribution in [0.5, 0.6) is 0 Å². The topological polar surface area (TPSA) is 68.0 Å². The van der Waals surface area contributed by atoms with Crippen LogP contribution in [-0.2, 0) is 4.79 Å². The van der Waals surface area contributed by atoms with Gasteiger partial charge in [-0.1, -0.05) is 12.1 Å². The Balaban J connectivity index is 1.63. The number of anilines is 1. The predicted molar refractivity (Wildman–Crippen MR) is 86.3 cm³/mol. The first kappa shape index (κ1) is 14.2. The third-order valence-corrected chi connectivity index (χ3v) is 4.72. The molecular weight excluding hydrogens is 282 g/mol. The lowest BCUT2D eigenvalue weighted by Gasteiger charge is -2.37. The fraction of sp³-hybridized carbons (Fsp3) is 0.375. The van der Waals surface area contributed by atoms with Gasteiger partial charge in [-0.25, -0.2) is 4.98 Å². The number of aromatic nitrogens is 1. The normalized spacial score (nSPS) is 16.3. The number of carbonyl (C=O) groups excluding carboxylic acids is 1. The molecule has 1 aromatic carbocycles. The number of hydrogen-bond acceptors (Lipinski definition) is 4. The maximum atomic E-state index is 12.0. The van der Waals surface area contributed by atoms with Crippen molar-refractivity contribution in [2.45, 2.75) is 38.1 Å². The van der Waals surface area contributed by atoms with Crippen molar-refractivity contribution in [3.63, 3.8) is 0 Å². The van der Waals surface area contributed by atoms with E-state index in [0.717, 1.165) is 41.2 Å². The van der Waals surface area contributed by atoms with Crippen molar-refractivity contribution in [2.75, 3.05) is 5.32 Å². The molecule has 5 heteroatoms. The van der Waals surface area contributed by atoms with E-state index in [2.05, 4.69) is 10.3 Å². The Morgan fingerprint density at radius 1 is 1.38 bits per heavy atom. The SMILES string of the molecule is Cc1nc(-c2ccc(NC(=O)CC3(N)CCC3)cc2)cs1. The molecule has 3 rings (SSSR count). The van der Waals surface area contributed by atoms with E-state index in [1.54, 1.807) is 11.3 Å². The summed E-state index contributed by atoms with van der Waals surface area (Å²) < 4.78 is 0. The van der Waals surface area contributed by atoms with Crippen molar-refractivity contribution in [2.24, 2.45) is 5.73 Å². The Morgan fingerprint density at radius 2 is 2.10 bits per heavy atom. The molecule has 1 heterocycles. The first-order valence-corrected chi connectivity index (χ1v) is 8.03. The van der Waals surface area contributed by atoms with Gasteiger partial charge in [-0.3, -0.25) is 4.79 Å². The van der Waals surface area contributed by atoms with Crippen molar-refractivity contribution >= 4 is 22.9 Å². The minimum Gasteiger partial charge on any atom is -0.326 e. The number of carbonyl (C=O) groups is 1. The van der Waals surface area contributed by atoms with Gasteiger partial charge in [-0.05, 0) is 38.3 Å². The molecule has 0 radical (unpaired) electrons. The van der Waals surface area contributed by atoms with Gasteiger partial charge in [0.05, 0.1) is 10.7 Å². The summed E-state index contributed by atoms with van der Waals surface area (Å²) >= 11 is 1.63. The molecule has 2 aromatic rings. The minimum atomic E-state index is -0.276. The standard InChI is InChI=1S/C16H19N3OS/c1-11-18-14(10-21-11)12-3-5-13(6-4-12)19-15(20)9-16(17)7-2-8-16/h3-6,10H,2,7-9,17H2,1H3,(H,19,20). The molecule has 0 unspecified atom stereocenters. The zero-order valence-electron chi connectivity index (χ0n) is 12.1. The Hall–Kier alpha value is -1.72. The maximum absolute atomic E-state index is 12.0. The van der Waals surface area contributed by atoms with Crippen LogP contribution in [0.2, 0.25) is 0 Å². The monoisotopic (exact) mass is 301 g/mol. The number of nitrogens with two attached hydrogens (primary N) is 1. The summed E-state index contributed by atoms with van der Waals surface area (Å²) in [5, 5.41) is 6.00. The van der Waals surface area contributed by atoms with Gasteiger partial charge in [0.15, 0.2) is 0 Å². The lowest BCUT2D eigenvalue weighted by atomic mass is 9.75. The highest BCUT2D eigenvalue weighted by Gasteiger charge is 2.34. The van der Waals surface area contributed by atoms with E-state index in [1.165, 1.54) is 0 Å². The number of hydrogen-bond donors (Lipinski definition) is 2. The van der Waals surface area contributed by atoms with Gasteiger partial charge in [0, 0.05) is 28.6 Å². The highest BCUT2D eigenvalue weighted by Crippen LogP contribution is 2.32. The zero-order valence-corrected chi connectivity index (χ0v) is 12.9. The zero-order chi connectivity index (χ0) is 14.9. The number of benzene rings is 1. The van der Waals surface area contributed by atoms with Gasteiger partial charge in [0.2, 0.25) is 5.91 Å². The summed E-state index contributed by atoms with van der Waals surface area (Å²) in [6.07, 6.45) is 3.43. The van der Waals surface area contributed by atoms with E-state index >= 15 is 0 Å². The van der Waals surface area contributed by atoms with Gasteiger partial charge in [-0.15, -0.1) is 11.3 Å². The van der Waals surface area contributed by atoms with Crippen molar-refractivity contribution in [1.29, 1.82) is 0 Å². The number of aryl methyl sites for hydroxylation is 1. The molecule has 0 saturated heterocycles. The predicted octanol–water partition coefficient (Wildman–Crippen LogP) is 3.33. The lowest BCUT2D eigenvalue weighted by Crippen LogP contribution is -2.48. The van der Waals surface area contributed by atoms with Crippen molar-refractivity contribution in [3.8, 4) is 11.3 Å². The molecule has 1 fully saturated rings. The smallest absolute Gasteiger partial charge is 0.226 e. The first-order chi connectivity index (χ1) is 10.0. The van der Waals surface area contributed by atoms with Gasteiger partial charge in [0.25, 0.3) is 0 Å². The van der Waals surface area contributed by atoms with E-state index in [-0.39, 0.29) is 11.4 Å². The second-order valence-corrected chi connectivity index (χ2v) is 6.83. The van der Waals surface area contributed by atoms with E-state index in [4.69, 9.17) is 5.73 Å². The Morgan fingerprint density at radius 3 is 2.62 bits per heavy atom. The quantitative estimate of drug-likeness (QED) is 0.910. The van der Waals surface area contributed by atoms with Crippen LogP contribution < -0.4 is 11.1 Å². The average Bonchev–Trinajstić information content (AvgIpc) is 2.84. The van der Waals surface area contributed by atoms with Gasteiger partial charge >= 0.3 is 0 Å². The number of nitrogens with zero attached hydrogens (tertiary/aromatic N) is 1. The molecule has 1 saturated carbocycles. The first-order valence-electron chi connectivity index (χ1n) is 7.15. The highest BCUT2D eigenvalue weighted by molar-refractivity contribution is 7.09. The van der Waals surface area contributed by atoms with Gasteiger partial charge in [0.1, 0.15) is 0 Å². The van der Waals surface area contributed by atoms with Crippen LogP contribution in [0, 0.1) is 6.92 Å². The second kappa shape index (κ2) is 5.58. The third kappa shape index (κ3) is 3.31. The Kier molecular flexibility index (Phi) is 3.78. The molecule has 3 N–H and O–H groups in total. The van der Waals surface area contributed by atoms with E-state index in [1.807, 2.05) is 36.6 Å². The van der Waals surface area contributed by atoms with Crippen LogP contribution in [-0.4, -0.2) is 16.4 Å². The van der Waals surface area contributed by atoms with Gasteiger partial charge in [-0.2, -0.15) is 0 Å². The highest BCUT2D eigenvalue weighted by atomic mass is 32.1. The van der Waals surface area contributed by atoms with Crippen LogP contribution in [0.4, 0.5) is 5.69 Å². The Bertz CT molecular complexity index is 644. The number of nitrogens with one attached hydrogen (secondary N) is 1. The van der Waals surface area contributed by atoms with Crippen molar-refractivity contribution in [1.82, 2.24) is 4.98 Å². The third-order valence-electron chi connectivity index (χ3n) is 3.95. The van der Waals surface area contributed by atoms with Crippen LogP contribution >= 0.6 is 11.3 Å². The van der Waals surface area contributed by atoms with E-state index < -0.39 is 0 Å². The van der Waals surface area contributed by atoms with Crippen LogP contribution in [0.3, 0.4) is 0 Å². The summed E-state index contributed by atoms with van der Waals surface area (Å²) in [5.74, 6) is -0.00514. The Labute approximate surface area is 128 Å². The summed E-state index contributed by atoms with van der Waals surface area (Å²) in [7, 11) is 0. The molecule has 0 aliphatic heterocycles.